The molecule has 0 saturated carbocycles. The van der Waals surface area contributed by atoms with Crippen LogP contribution in [-0.4, -0.2) is 49.8 Å². The van der Waals surface area contributed by atoms with E-state index >= 15 is 0 Å². The molecule has 4 nitrogen and oxygen atoms in total. The van der Waals surface area contributed by atoms with E-state index in [1.54, 1.807) is 10.4 Å². The van der Waals surface area contributed by atoms with Crippen molar-refractivity contribution < 1.29 is 8.42 Å². The topological polar surface area (TPSA) is 40.6 Å². The van der Waals surface area contributed by atoms with E-state index in [1.807, 2.05) is 19.1 Å². The molecule has 21 heavy (non-hydrogen) atoms. The van der Waals surface area contributed by atoms with Gasteiger partial charge in [-0.2, -0.15) is 4.31 Å². The summed E-state index contributed by atoms with van der Waals surface area (Å²) in [6, 6.07) is 5.75. The summed E-state index contributed by atoms with van der Waals surface area (Å²) in [6.45, 7) is 9.22. The van der Waals surface area contributed by atoms with Gasteiger partial charge in [0.25, 0.3) is 0 Å². The average molecular weight is 375 g/mol. The van der Waals surface area contributed by atoms with E-state index < -0.39 is 10.0 Å². The van der Waals surface area contributed by atoms with E-state index in [2.05, 4.69) is 34.7 Å². The Morgan fingerprint density at radius 2 is 2.00 bits per heavy atom. The minimum atomic E-state index is -3.40. The van der Waals surface area contributed by atoms with Crippen molar-refractivity contribution in [3.63, 3.8) is 0 Å². The first-order valence-electron chi connectivity index (χ1n) is 7.40. The fourth-order valence-corrected chi connectivity index (χ4v) is 5.21. The molecule has 118 valence electrons. The molecule has 0 amide bonds. The molecule has 6 heteroatoms. The second-order valence-corrected chi connectivity index (χ2v) is 8.26. The van der Waals surface area contributed by atoms with Gasteiger partial charge < -0.3 is 0 Å². The van der Waals surface area contributed by atoms with Crippen LogP contribution in [0.15, 0.2) is 27.6 Å². The first-order chi connectivity index (χ1) is 9.90. The summed E-state index contributed by atoms with van der Waals surface area (Å²) >= 11 is 3.36. The first-order valence-corrected chi connectivity index (χ1v) is 9.63. The monoisotopic (exact) mass is 374 g/mol. The van der Waals surface area contributed by atoms with Gasteiger partial charge in [0.15, 0.2) is 0 Å². The number of aryl methyl sites for hydroxylation is 1. The van der Waals surface area contributed by atoms with Crippen LogP contribution in [0.4, 0.5) is 0 Å². The second-order valence-electron chi connectivity index (χ2n) is 5.44. The van der Waals surface area contributed by atoms with Crippen LogP contribution in [0.1, 0.15) is 25.8 Å². The highest BCUT2D eigenvalue weighted by molar-refractivity contribution is 9.10. The summed E-state index contributed by atoms with van der Waals surface area (Å²) in [5.41, 5.74) is 0.796. The lowest BCUT2D eigenvalue weighted by atomic mass is 10.2. The lowest BCUT2D eigenvalue weighted by molar-refractivity contribution is 0.224. The standard InChI is InChI=1S/C15H23BrN2O2S/c1-4-17(5-2)14-8-9-18(11-14)21(19,20)15-10-13(16)7-6-12(15)3/h6-7,10,14H,4-5,8-9,11H2,1-3H3. The van der Waals surface area contributed by atoms with Crippen molar-refractivity contribution >= 4 is 26.0 Å². The predicted octanol–water partition coefficient (Wildman–Crippen LogP) is 2.86. The molecule has 1 atom stereocenters. The Hall–Kier alpha value is -0.430. The van der Waals surface area contributed by atoms with Gasteiger partial charge in [-0.1, -0.05) is 35.8 Å². The lowest BCUT2D eigenvalue weighted by Crippen LogP contribution is -2.38. The van der Waals surface area contributed by atoms with Crippen LogP contribution in [0.5, 0.6) is 0 Å². The summed E-state index contributed by atoms with van der Waals surface area (Å²) in [4.78, 5) is 2.75. The number of hydrogen-bond donors (Lipinski definition) is 0. The molecular formula is C15H23BrN2O2S. The summed E-state index contributed by atoms with van der Waals surface area (Å²) in [6.07, 6.45) is 0.911. The van der Waals surface area contributed by atoms with Crippen molar-refractivity contribution in [3.8, 4) is 0 Å². The SMILES string of the molecule is CCN(CC)C1CCN(S(=O)(=O)c2cc(Br)ccc2C)C1. The van der Waals surface area contributed by atoms with Crippen LogP contribution in [0.25, 0.3) is 0 Å². The Morgan fingerprint density at radius 3 is 2.62 bits per heavy atom. The number of halogens is 1. The maximum absolute atomic E-state index is 12.8. The highest BCUT2D eigenvalue weighted by atomic mass is 79.9. The van der Waals surface area contributed by atoms with Gasteiger partial charge in [0, 0.05) is 23.6 Å². The van der Waals surface area contributed by atoms with E-state index in [-0.39, 0.29) is 0 Å². The van der Waals surface area contributed by atoms with Gasteiger partial charge in [-0.3, -0.25) is 4.90 Å². The van der Waals surface area contributed by atoms with Crippen molar-refractivity contribution in [2.24, 2.45) is 0 Å². The van der Waals surface area contributed by atoms with Crippen LogP contribution in [0.3, 0.4) is 0 Å². The molecule has 1 aromatic carbocycles. The third kappa shape index (κ3) is 3.50. The molecule has 0 aromatic heterocycles. The van der Waals surface area contributed by atoms with Gasteiger partial charge in [0.1, 0.15) is 0 Å². The minimum absolute atomic E-state index is 0.335. The van der Waals surface area contributed by atoms with Crippen molar-refractivity contribution in [1.82, 2.24) is 9.21 Å². The zero-order chi connectivity index (χ0) is 15.6. The highest BCUT2D eigenvalue weighted by Gasteiger charge is 2.35. The number of benzene rings is 1. The Bertz CT molecular complexity index is 600. The number of likely N-dealkylation sites (N-methyl/N-ethyl adjacent to an activating group) is 1. The van der Waals surface area contributed by atoms with Gasteiger partial charge in [0.2, 0.25) is 10.0 Å². The van der Waals surface area contributed by atoms with Crippen LogP contribution >= 0.6 is 15.9 Å². The van der Waals surface area contributed by atoms with Crippen molar-refractivity contribution in [3.05, 3.63) is 28.2 Å². The number of nitrogens with zero attached hydrogens (tertiary/aromatic N) is 2. The molecule has 1 fully saturated rings. The molecule has 0 aliphatic carbocycles. The Balaban J connectivity index is 2.24. The van der Waals surface area contributed by atoms with Gasteiger partial charge >= 0.3 is 0 Å². The average Bonchev–Trinajstić information content (AvgIpc) is 2.93. The molecule has 0 radical (unpaired) electrons. The molecule has 0 N–H and O–H groups in total. The first kappa shape index (κ1) is 16.9. The Morgan fingerprint density at radius 1 is 1.33 bits per heavy atom. The van der Waals surface area contributed by atoms with Crippen molar-refractivity contribution in [2.45, 2.75) is 38.1 Å². The van der Waals surface area contributed by atoms with Crippen molar-refractivity contribution in [2.75, 3.05) is 26.2 Å². The zero-order valence-electron chi connectivity index (χ0n) is 12.8. The van der Waals surface area contributed by atoms with E-state index in [9.17, 15) is 8.42 Å². The van der Waals surface area contributed by atoms with E-state index in [1.165, 1.54) is 0 Å². The van der Waals surface area contributed by atoms with Crippen LogP contribution in [-0.2, 0) is 10.0 Å². The third-order valence-corrected chi connectivity index (χ3v) is 6.72. The highest BCUT2D eigenvalue weighted by Crippen LogP contribution is 2.27. The van der Waals surface area contributed by atoms with E-state index in [4.69, 9.17) is 0 Å². The molecular weight excluding hydrogens is 352 g/mol. The fourth-order valence-electron chi connectivity index (χ4n) is 2.96. The van der Waals surface area contributed by atoms with Crippen molar-refractivity contribution in [1.29, 1.82) is 0 Å². The minimum Gasteiger partial charge on any atom is -0.300 e. The molecule has 1 unspecified atom stereocenters. The fraction of sp³-hybridized carbons (Fsp3) is 0.600. The van der Waals surface area contributed by atoms with Gasteiger partial charge in [-0.25, -0.2) is 8.42 Å². The maximum atomic E-state index is 12.8. The quantitative estimate of drug-likeness (QED) is 0.795. The van der Waals surface area contributed by atoms with E-state index in [0.29, 0.717) is 24.0 Å². The smallest absolute Gasteiger partial charge is 0.243 e. The lowest BCUT2D eigenvalue weighted by Gasteiger charge is -2.26. The summed E-state index contributed by atoms with van der Waals surface area (Å²) in [7, 11) is -3.40. The second kappa shape index (κ2) is 6.77. The van der Waals surface area contributed by atoms with Crippen LogP contribution in [0, 0.1) is 6.92 Å². The maximum Gasteiger partial charge on any atom is 0.243 e. The summed E-state index contributed by atoms with van der Waals surface area (Å²) < 4.78 is 28.1. The number of sulfonamides is 1. The van der Waals surface area contributed by atoms with Crippen LogP contribution < -0.4 is 0 Å². The normalized spacial score (nSPS) is 20.3. The van der Waals surface area contributed by atoms with Gasteiger partial charge in [-0.15, -0.1) is 0 Å². The number of hydrogen-bond acceptors (Lipinski definition) is 3. The van der Waals surface area contributed by atoms with E-state index in [0.717, 1.165) is 29.5 Å². The zero-order valence-corrected chi connectivity index (χ0v) is 15.2. The molecule has 2 rings (SSSR count). The Labute approximate surface area is 136 Å². The summed E-state index contributed by atoms with van der Waals surface area (Å²) in [5, 5.41) is 0. The molecule has 0 bridgehead atoms. The molecule has 1 aliphatic rings. The largest absolute Gasteiger partial charge is 0.300 e. The molecule has 1 heterocycles. The number of rotatable bonds is 5. The van der Waals surface area contributed by atoms with Gasteiger partial charge in [-0.05, 0) is 44.1 Å². The van der Waals surface area contributed by atoms with Gasteiger partial charge in [0.05, 0.1) is 4.90 Å². The Kier molecular flexibility index (Phi) is 5.46. The third-order valence-electron chi connectivity index (χ3n) is 4.22. The molecule has 1 aromatic rings. The predicted molar refractivity (Wildman–Crippen MR) is 89.0 cm³/mol. The van der Waals surface area contributed by atoms with Crippen LogP contribution in [0.2, 0.25) is 0 Å². The summed E-state index contributed by atoms with van der Waals surface area (Å²) in [5.74, 6) is 0. The molecule has 1 saturated heterocycles. The molecule has 0 spiro atoms. The molecule has 1 aliphatic heterocycles.